The summed E-state index contributed by atoms with van der Waals surface area (Å²) in [6, 6.07) is 6.38. The fourth-order valence-electron chi connectivity index (χ4n) is 2.10. The average Bonchev–Trinajstić information content (AvgIpc) is 3.27. The van der Waals surface area contributed by atoms with Crippen LogP contribution in [0.4, 0.5) is 5.69 Å². The minimum Gasteiger partial charge on any atom is -0.493 e. The lowest BCUT2D eigenvalue weighted by Gasteiger charge is -2.07. The second kappa shape index (κ2) is 10.3. The molecule has 0 fully saturated rings. The van der Waals surface area contributed by atoms with E-state index in [9.17, 15) is 19.5 Å². The number of aliphatic imine (C=N–C) groups is 1. The van der Waals surface area contributed by atoms with Gasteiger partial charge in [-0.05, 0) is 24.3 Å². The molecule has 152 valence electrons. The Labute approximate surface area is 165 Å². The zero-order valence-corrected chi connectivity index (χ0v) is 15.5. The Hall–Kier alpha value is -4.02. The van der Waals surface area contributed by atoms with Crippen LogP contribution in [-0.4, -0.2) is 63.9 Å². The van der Waals surface area contributed by atoms with Crippen LogP contribution in [0.5, 0.6) is 5.88 Å². The summed E-state index contributed by atoms with van der Waals surface area (Å²) in [5.74, 6) is -2.48. The van der Waals surface area contributed by atoms with Gasteiger partial charge in [-0.25, -0.2) is 9.78 Å². The molecule has 1 aliphatic rings. The van der Waals surface area contributed by atoms with Crippen LogP contribution in [0.3, 0.4) is 0 Å². The molecule has 0 spiro atoms. The van der Waals surface area contributed by atoms with E-state index in [-0.39, 0.29) is 29.7 Å². The van der Waals surface area contributed by atoms with E-state index in [2.05, 4.69) is 30.9 Å². The van der Waals surface area contributed by atoms with Crippen molar-refractivity contribution in [2.75, 3.05) is 25.0 Å². The van der Waals surface area contributed by atoms with Crippen molar-refractivity contribution in [2.45, 2.75) is 6.92 Å². The Morgan fingerprint density at radius 3 is 2.41 bits per heavy atom. The lowest BCUT2D eigenvalue weighted by atomic mass is 10.2. The lowest BCUT2D eigenvalue weighted by Crippen LogP contribution is -2.31. The molecule has 5 N–H and O–H groups in total. The van der Waals surface area contributed by atoms with Crippen LogP contribution < -0.4 is 16.0 Å². The molecule has 29 heavy (non-hydrogen) atoms. The molecule has 0 unspecified atom stereocenters. The van der Waals surface area contributed by atoms with E-state index in [4.69, 9.17) is 5.11 Å². The van der Waals surface area contributed by atoms with Crippen LogP contribution in [0.15, 0.2) is 35.5 Å². The summed E-state index contributed by atoms with van der Waals surface area (Å²) >= 11 is 0. The van der Waals surface area contributed by atoms with Gasteiger partial charge in [0.05, 0.1) is 19.4 Å². The zero-order valence-electron chi connectivity index (χ0n) is 15.5. The number of hydrogen-bond donors (Lipinski definition) is 5. The second-order valence-electron chi connectivity index (χ2n) is 5.76. The van der Waals surface area contributed by atoms with Crippen molar-refractivity contribution in [3.05, 3.63) is 36.0 Å². The molecule has 0 saturated carbocycles. The fourth-order valence-corrected chi connectivity index (χ4v) is 2.10. The zero-order chi connectivity index (χ0) is 21.2. The highest BCUT2D eigenvalue weighted by Gasteiger charge is 2.13. The average molecular weight is 400 g/mol. The first-order chi connectivity index (χ1) is 13.9. The Bertz CT molecular complexity index is 907. The van der Waals surface area contributed by atoms with Gasteiger partial charge in [-0.15, -0.1) is 0 Å². The number of nitrogens with zero attached hydrogens (tertiary/aromatic N) is 3. The maximum absolute atomic E-state index is 11.6. The van der Waals surface area contributed by atoms with Crippen LogP contribution in [0.25, 0.3) is 11.4 Å². The molecule has 2 heterocycles. The number of carboxylic acid groups (broad SMARTS) is 1. The van der Waals surface area contributed by atoms with Gasteiger partial charge in [-0.3, -0.25) is 14.6 Å². The van der Waals surface area contributed by atoms with Crippen LogP contribution in [0.1, 0.15) is 17.3 Å². The van der Waals surface area contributed by atoms with E-state index in [1.165, 1.54) is 6.92 Å². The molecule has 2 aromatic rings. The SMILES string of the molecule is C1=NCCN1.CC(=O)NCC(=O)Nc1ccc(-c2ncc(C(=O)O)c(O)n2)cc1. The van der Waals surface area contributed by atoms with Crippen LogP contribution in [-0.2, 0) is 9.59 Å². The second-order valence-corrected chi connectivity index (χ2v) is 5.76. The number of nitrogens with one attached hydrogen (secondary N) is 3. The monoisotopic (exact) mass is 400 g/mol. The smallest absolute Gasteiger partial charge is 0.342 e. The number of carboxylic acids is 1. The van der Waals surface area contributed by atoms with E-state index in [1.54, 1.807) is 30.6 Å². The fraction of sp³-hybridized carbons (Fsp3) is 0.222. The third-order valence-electron chi connectivity index (χ3n) is 3.49. The molecular weight excluding hydrogens is 380 g/mol. The molecule has 1 aliphatic heterocycles. The standard InChI is InChI=1S/C15H14N4O5.C3H6N2/c1-8(20)16-7-12(21)18-10-4-2-9(3-5-10)13-17-6-11(15(23)24)14(22)19-13;1-2-5-3-4-1/h2-6H,7H2,1H3,(H,16,20)(H,18,21)(H,23,24)(H,17,19,22);3H,1-2H2,(H,4,5). The van der Waals surface area contributed by atoms with Crippen LogP contribution in [0, 0.1) is 0 Å². The van der Waals surface area contributed by atoms with E-state index >= 15 is 0 Å². The van der Waals surface area contributed by atoms with Gasteiger partial charge in [0.15, 0.2) is 5.82 Å². The van der Waals surface area contributed by atoms with E-state index in [0.29, 0.717) is 11.3 Å². The first-order valence-electron chi connectivity index (χ1n) is 8.52. The van der Waals surface area contributed by atoms with Gasteiger partial charge >= 0.3 is 5.97 Å². The number of aromatic hydroxyl groups is 1. The van der Waals surface area contributed by atoms with Gasteiger partial charge in [0.1, 0.15) is 5.56 Å². The van der Waals surface area contributed by atoms with Gasteiger partial charge in [-0.2, -0.15) is 4.98 Å². The maximum atomic E-state index is 11.6. The van der Waals surface area contributed by atoms with Gasteiger partial charge < -0.3 is 26.2 Å². The highest BCUT2D eigenvalue weighted by Crippen LogP contribution is 2.21. The Balaban J connectivity index is 0.000000521. The molecule has 11 heteroatoms. The van der Waals surface area contributed by atoms with Crippen molar-refractivity contribution in [3.8, 4) is 17.3 Å². The van der Waals surface area contributed by atoms with Gasteiger partial charge in [0.2, 0.25) is 17.7 Å². The van der Waals surface area contributed by atoms with Gasteiger partial charge in [0, 0.05) is 30.9 Å². The lowest BCUT2D eigenvalue weighted by molar-refractivity contribution is -0.122. The van der Waals surface area contributed by atoms with E-state index in [0.717, 1.165) is 19.3 Å². The number of carbonyl (C=O) groups excluding carboxylic acids is 2. The summed E-state index contributed by atoms with van der Waals surface area (Å²) in [4.78, 5) is 44.6. The summed E-state index contributed by atoms with van der Waals surface area (Å²) in [7, 11) is 0. The quantitative estimate of drug-likeness (QED) is 0.476. The molecule has 3 rings (SSSR count). The number of anilines is 1. The largest absolute Gasteiger partial charge is 0.493 e. The number of aromatic nitrogens is 2. The van der Waals surface area contributed by atoms with E-state index in [1.807, 2.05) is 0 Å². The van der Waals surface area contributed by atoms with Crippen LogP contribution in [0.2, 0.25) is 0 Å². The number of carbonyl (C=O) groups is 3. The number of benzene rings is 1. The van der Waals surface area contributed by atoms with E-state index < -0.39 is 11.8 Å². The van der Waals surface area contributed by atoms with Gasteiger partial charge in [0.25, 0.3) is 0 Å². The molecule has 0 saturated heterocycles. The number of rotatable bonds is 5. The molecule has 0 atom stereocenters. The molecule has 0 bridgehead atoms. The number of hydrogen-bond acceptors (Lipinski definition) is 8. The van der Waals surface area contributed by atoms with Gasteiger partial charge in [-0.1, -0.05) is 0 Å². The predicted octanol–water partition coefficient (Wildman–Crippen LogP) is 0.240. The Kier molecular flexibility index (Phi) is 7.59. The molecule has 1 aromatic carbocycles. The third-order valence-corrected chi connectivity index (χ3v) is 3.49. The van der Waals surface area contributed by atoms with Crippen molar-refractivity contribution in [3.63, 3.8) is 0 Å². The van der Waals surface area contributed by atoms with Crippen molar-refractivity contribution in [1.82, 2.24) is 20.6 Å². The first kappa shape index (κ1) is 21.3. The number of aromatic carboxylic acids is 1. The minimum absolute atomic E-state index is 0.134. The molecular formula is C18H20N6O5. The van der Waals surface area contributed by atoms with Crippen molar-refractivity contribution < 1.29 is 24.6 Å². The Morgan fingerprint density at radius 2 is 1.93 bits per heavy atom. The third kappa shape index (κ3) is 6.90. The predicted molar refractivity (Wildman–Crippen MR) is 105 cm³/mol. The summed E-state index contributed by atoms with van der Waals surface area (Å²) < 4.78 is 0. The normalized spacial score (nSPS) is 11.6. The first-order valence-corrected chi connectivity index (χ1v) is 8.52. The summed E-state index contributed by atoms with van der Waals surface area (Å²) in [5, 5.41) is 26.3. The highest BCUT2D eigenvalue weighted by molar-refractivity contribution is 5.94. The Morgan fingerprint density at radius 1 is 1.21 bits per heavy atom. The van der Waals surface area contributed by atoms with Crippen molar-refractivity contribution in [1.29, 1.82) is 0 Å². The topological polar surface area (TPSA) is 166 Å². The molecule has 11 nitrogen and oxygen atoms in total. The summed E-state index contributed by atoms with van der Waals surface area (Å²) in [6.07, 6.45) is 2.75. The summed E-state index contributed by atoms with van der Waals surface area (Å²) in [6.45, 7) is 3.16. The van der Waals surface area contributed by atoms with Crippen molar-refractivity contribution in [2.24, 2.45) is 4.99 Å². The molecule has 1 aromatic heterocycles. The molecule has 2 amide bonds. The molecule has 0 radical (unpaired) electrons. The minimum atomic E-state index is -1.32. The van der Waals surface area contributed by atoms with Crippen LogP contribution >= 0.6 is 0 Å². The number of amides is 2. The molecule has 0 aliphatic carbocycles. The highest BCUT2D eigenvalue weighted by atomic mass is 16.4. The summed E-state index contributed by atoms with van der Waals surface area (Å²) in [5.41, 5.74) is 0.642. The van der Waals surface area contributed by atoms with Crippen molar-refractivity contribution >= 4 is 29.8 Å². The maximum Gasteiger partial charge on any atom is 0.342 e.